The van der Waals surface area contributed by atoms with Gasteiger partial charge in [-0.3, -0.25) is 4.84 Å². The molecule has 1 saturated heterocycles. The summed E-state index contributed by atoms with van der Waals surface area (Å²) in [5.74, 6) is -1.56. The van der Waals surface area contributed by atoms with E-state index in [-0.39, 0.29) is 17.7 Å². The number of carbonyl (C=O) groups is 2. The highest BCUT2D eigenvalue weighted by molar-refractivity contribution is 5.80. The molecule has 1 aromatic carbocycles. The van der Waals surface area contributed by atoms with Crippen molar-refractivity contribution in [1.29, 1.82) is 0 Å². The van der Waals surface area contributed by atoms with Crippen molar-refractivity contribution < 1.29 is 29.0 Å². The van der Waals surface area contributed by atoms with Crippen LogP contribution in [0, 0.1) is 0 Å². The molecule has 2 rings (SSSR count). The number of ether oxygens (including phenoxy) is 2. The van der Waals surface area contributed by atoms with Crippen molar-refractivity contribution in [2.75, 3.05) is 6.61 Å². The molecule has 0 saturated carbocycles. The second-order valence-corrected chi connectivity index (χ2v) is 9.16. The first kappa shape index (κ1) is 24.3. The lowest BCUT2D eigenvalue weighted by Gasteiger charge is -2.52. The Bertz CT molecular complexity index is 700. The zero-order chi connectivity index (χ0) is 22.5. The molecule has 7 heteroatoms. The van der Waals surface area contributed by atoms with Crippen molar-refractivity contribution in [3.8, 4) is 0 Å². The second kappa shape index (κ2) is 9.90. The number of hydrogen-bond acceptors (Lipinski definition) is 7. The van der Waals surface area contributed by atoms with Gasteiger partial charge >= 0.3 is 11.9 Å². The minimum Gasteiger partial charge on any atom is -0.460 e. The van der Waals surface area contributed by atoms with Crippen LogP contribution in [0.4, 0.5) is 0 Å². The monoisotopic (exact) mass is 421 g/mol. The van der Waals surface area contributed by atoms with Gasteiger partial charge in [-0.1, -0.05) is 30.3 Å². The number of hydrogen-bond donors (Lipinski definition) is 1. The Kier molecular flexibility index (Phi) is 8.02. The van der Waals surface area contributed by atoms with Gasteiger partial charge in [0.25, 0.3) is 0 Å². The first-order valence-electron chi connectivity index (χ1n) is 10.5. The number of hydroxylamine groups is 2. The zero-order valence-electron chi connectivity index (χ0n) is 18.9. The molecule has 3 unspecified atom stereocenters. The summed E-state index contributed by atoms with van der Waals surface area (Å²) < 4.78 is 10.3. The number of aliphatic hydroxyl groups excluding tert-OH is 1. The minimum atomic E-state index is -1.30. The molecule has 30 heavy (non-hydrogen) atoms. The van der Waals surface area contributed by atoms with E-state index in [0.717, 1.165) is 24.8 Å². The minimum absolute atomic E-state index is 0.0257. The molecule has 0 aliphatic carbocycles. The fraction of sp³-hybridized carbons (Fsp3) is 0.652. The molecule has 3 atom stereocenters. The molecule has 1 aliphatic heterocycles. The van der Waals surface area contributed by atoms with Crippen LogP contribution in [0.3, 0.4) is 0 Å². The lowest BCUT2D eigenvalue weighted by atomic mass is 9.82. The maximum Gasteiger partial charge on any atom is 0.347 e. The molecule has 1 aliphatic rings. The number of aliphatic hydroxyl groups is 1. The van der Waals surface area contributed by atoms with Crippen LogP contribution in [-0.2, 0) is 23.9 Å². The van der Waals surface area contributed by atoms with Crippen LogP contribution < -0.4 is 0 Å². The third kappa shape index (κ3) is 6.27. The van der Waals surface area contributed by atoms with Gasteiger partial charge in [-0.15, -0.1) is 0 Å². The predicted molar refractivity (Wildman–Crippen MR) is 112 cm³/mol. The van der Waals surface area contributed by atoms with E-state index in [0.29, 0.717) is 0 Å². The Morgan fingerprint density at radius 2 is 1.60 bits per heavy atom. The molecular weight excluding hydrogens is 386 g/mol. The van der Waals surface area contributed by atoms with Crippen LogP contribution in [0.1, 0.15) is 72.5 Å². The zero-order valence-corrected chi connectivity index (χ0v) is 18.9. The summed E-state index contributed by atoms with van der Waals surface area (Å²) in [5, 5.41) is 11.3. The first-order valence-corrected chi connectivity index (χ1v) is 10.5. The molecule has 0 aromatic heterocycles. The van der Waals surface area contributed by atoms with Crippen LogP contribution in [0.2, 0.25) is 0 Å². The van der Waals surface area contributed by atoms with Crippen molar-refractivity contribution in [2.24, 2.45) is 0 Å². The van der Waals surface area contributed by atoms with Crippen LogP contribution in [0.5, 0.6) is 0 Å². The number of rotatable bonds is 8. The Balaban J connectivity index is 2.13. The maximum atomic E-state index is 12.3. The SMILES string of the molecule is CC(O)C(=O)OC(C)C(=O)OCC(ON1C(C)(C)CCCC1(C)C)c1ccccc1. The van der Waals surface area contributed by atoms with Crippen molar-refractivity contribution in [1.82, 2.24) is 5.06 Å². The Labute approximate surface area is 179 Å². The lowest BCUT2D eigenvalue weighted by Crippen LogP contribution is -2.58. The number of esters is 2. The topological polar surface area (TPSA) is 85.3 Å². The summed E-state index contributed by atoms with van der Waals surface area (Å²) in [4.78, 5) is 30.3. The van der Waals surface area contributed by atoms with Crippen molar-refractivity contribution in [3.63, 3.8) is 0 Å². The van der Waals surface area contributed by atoms with Gasteiger partial charge < -0.3 is 14.6 Å². The van der Waals surface area contributed by atoms with Gasteiger partial charge in [-0.2, -0.15) is 5.06 Å². The molecule has 1 heterocycles. The smallest absolute Gasteiger partial charge is 0.347 e. The maximum absolute atomic E-state index is 12.3. The molecule has 1 fully saturated rings. The molecule has 0 radical (unpaired) electrons. The molecule has 168 valence electrons. The molecule has 0 spiro atoms. The second-order valence-electron chi connectivity index (χ2n) is 9.16. The van der Waals surface area contributed by atoms with E-state index in [2.05, 4.69) is 27.7 Å². The third-order valence-corrected chi connectivity index (χ3v) is 5.42. The van der Waals surface area contributed by atoms with E-state index in [1.807, 2.05) is 35.4 Å². The average Bonchev–Trinajstić information content (AvgIpc) is 2.66. The predicted octanol–water partition coefficient (Wildman–Crippen LogP) is 3.56. The van der Waals surface area contributed by atoms with Crippen LogP contribution >= 0.6 is 0 Å². The number of benzene rings is 1. The number of piperidine rings is 1. The Morgan fingerprint density at radius 1 is 1.03 bits per heavy atom. The van der Waals surface area contributed by atoms with E-state index in [1.165, 1.54) is 13.8 Å². The van der Waals surface area contributed by atoms with E-state index in [1.54, 1.807) is 0 Å². The van der Waals surface area contributed by atoms with E-state index in [4.69, 9.17) is 14.3 Å². The van der Waals surface area contributed by atoms with E-state index < -0.39 is 30.3 Å². The van der Waals surface area contributed by atoms with Gasteiger partial charge in [0.05, 0.1) is 0 Å². The van der Waals surface area contributed by atoms with Gasteiger partial charge in [0, 0.05) is 11.1 Å². The van der Waals surface area contributed by atoms with Crippen LogP contribution in [-0.4, -0.2) is 52.0 Å². The molecule has 1 N–H and O–H groups in total. The number of carbonyl (C=O) groups excluding carboxylic acids is 2. The van der Waals surface area contributed by atoms with E-state index >= 15 is 0 Å². The van der Waals surface area contributed by atoms with Gasteiger partial charge in [-0.25, -0.2) is 9.59 Å². The Hall–Kier alpha value is -1.96. The largest absolute Gasteiger partial charge is 0.460 e. The van der Waals surface area contributed by atoms with Gasteiger partial charge in [0.2, 0.25) is 0 Å². The fourth-order valence-corrected chi connectivity index (χ4v) is 3.84. The van der Waals surface area contributed by atoms with Crippen molar-refractivity contribution >= 4 is 11.9 Å². The first-order chi connectivity index (χ1) is 13.9. The molecule has 0 bridgehead atoms. The summed E-state index contributed by atoms with van der Waals surface area (Å²) in [6.07, 6.45) is 0.201. The summed E-state index contributed by atoms with van der Waals surface area (Å²) >= 11 is 0. The van der Waals surface area contributed by atoms with Crippen LogP contribution in [0.15, 0.2) is 30.3 Å². The van der Waals surface area contributed by atoms with Gasteiger partial charge in [0.1, 0.15) is 18.8 Å². The fourth-order valence-electron chi connectivity index (χ4n) is 3.84. The van der Waals surface area contributed by atoms with Gasteiger partial charge in [-0.05, 0) is 66.4 Å². The summed E-state index contributed by atoms with van der Waals surface area (Å²) in [7, 11) is 0. The average molecular weight is 422 g/mol. The lowest BCUT2D eigenvalue weighted by molar-refractivity contribution is -0.312. The van der Waals surface area contributed by atoms with Gasteiger partial charge in [0.15, 0.2) is 6.10 Å². The molecule has 0 amide bonds. The van der Waals surface area contributed by atoms with Crippen LogP contribution in [0.25, 0.3) is 0 Å². The van der Waals surface area contributed by atoms with Crippen molar-refractivity contribution in [2.45, 2.75) is 90.2 Å². The molecule has 1 aromatic rings. The highest BCUT2D eigenvalue weighted by Gasteiger charge is 2.44. The quantitative estimate of drug-likeness (QED) is 0.643. The Morgan fingerprint density at radius 3 is 2.13 bits per heavy atom. The molecule has 7 nitrogen and oxygen atoms in total. The summed E-state index contributed by atoms with van der Waals surface area (Å²) in [5.41, 5.74) is 0.550. The third-order valence-electron chi connectivity index (χ3n) is 5.42. The standard InChI is InChI=1S/C23H35NO6/c1-16(25)20(26)29-17(2)21(27)28-15-19(18-11-8-7-9-12-18)30-24-22(3,4)13-10-14-23(24,5)6/h7-9,11-12,16-17,19,25H,10,13-15H2,1-6H3. The molecular formula is C23H35NO6. The normalized spacial score (nSPS) is 21.3. The highest BCUT2D eigenvalue weighted by Crippen LogP contribution is 2.40. The number of nitrogens with zero attached hydrogens (tertiary/aromatic N) is 1. The summed E-state index contributed by atoms with van der Waals surface area (Å²) in [6, 6.07) is 9.59. The van der Waals surface area contributed by atoms with Crippen molar-refractivity contribution in [3.05, 3.63) is 35.9 Å². The highest BCUT2D eigenvalue weighted by atomic mass is 16.7. The summed E-state index contributed by atoms with van der Waals surface area (Å²) in [6.45, 7) is 11.3. The van der Waals surface area contributed by atoms with E-state index in [9.17, 15) is 14.7 Å².